The molecule has 0 saturated carbocycles. The molecule has 0 aliphatic rings. The highest BCUT2D eigenvalue weighted by molar-refractivity contribution is 9.10. The van der Waals surface area contributed by atoms with Gasteiger partial charge in [-0.1, -0.05) is 23.5 Å². The first kappa shape index (κ1) is 18.7. The molecule has 0 N–H and O–H groups in total. The summed E-state index contributed by atoms with van der Waals surface area (Å²) in [5.74, 6) is -0.485. The molecular weight excluding hydrogens is 422 g/mol. The molecule has 0 unspecified atom stereocenters. The van der Waals surface area contributed by atoms with E-state index in [1.165, 1.54) is 21.9 Å². The van der Waals surface area contributed by atoms with E-state index >= 15 is 0 Å². The molecule has 0 atom stereocenters. The van der Waals surface area contributed by atoms with Crippen molar-refractivity contribution in [3.05, 3.63) is 61.4 Å². The van der Waals surface area contributed by atoms with Crippen LogP contribution in [0.4, 0.5) is 0 Å². The number of carbonyl (C=O) groups is 1. The molecule has 3 rings (SSSR count). The largest absolute Gasteiger partial charge is 0.456 e. The first-order valence-corrected chi connectivity index (χ1v) is 9.57. The summed E-state index contributed by atoms with van der Waals surface area (Å²) in [7, 11) is 0. The number of esters is 1. The standard InChI is InChI=1S/C17H16BrN3O4S/c1-2-24-8-7-14-20-21-15(22)9-11(19-17(21)26-14)10-25-16(23)12-5-3-4-6-13(12)18/h3-6,9H,2,7-8,10H2,1H3. The smallest absolute Gasteiger partial charge is 0.339 e. The summed E-state index contributed by atoms with van der Waals surface area (Å²) in [5.41, 5.74) is 0.498. The van der Waals surface area contributed by atoms with Gasteiger partial charge >= 0.3 is 5.97 Å². The number of ether oxygens (including phenoxy) is 2. The van der Waals surface area contributed by atoms with E-state index in [2.05, 4.69) is 26.0 Å². The maximum absolute atomic E-state index is 12.2. The van der Waals surface area contributed by atoms with Gasteiger partial charge in [-0.15, -0.1) is 0 Å². The van der Waals surface area contributed by atoms with Gasteiger partial charge in [0.2, 0.25) is 4.96 Å². The van der Waals surface area contributed by atoms with Crippen molar-refractivity contribution in [3.63, 3.8) is 0 Å². The highest BCUT2D eigenvalue weighted by Gasteiger charge is 2.13. The maximum Gasteiger partial charge on any atom is 0.339 e. The number of hydrogen-bond acceptors (Lipinski definition) is 7. The van der Waals surface area contributed by atoms with Crippen LogP contribution in [0.2, 0.25) is 0 Å². The summed E-state index contributed by atoms with van der Waals surface area (Å²) in [5, 5.41) is 5.01. The third-order valence-electron chi connectivity index (χ3n) is 3.45. The van der Waals surface area contributed by atoms with Gasteiger partial charge in [0.1, 0.15) is 11.6 Å². The van der Waals surface area contributed by atoms with Crippen LogP contribution >= 0.6 is 27.3 Å². The quantitative estimate of drug-likeness (QED) is 0.417. The fourth-order valence-corrected chi connectivity index (χ4v) is 3.56. The Morgan fingerprint density at radius 3 is 2.92 bits per heavy atom. The lowest BCUT2D eigenvalue weighted by Gasteiger charge is -2.05. The number of benzene rings is 1. The predicted octanol–water partition coefficient (Wildman–Crippen LogP) is 2.85. The van der Waals surface area contributed by atoms with Gasteiger partial charge in [-0.3, -0.25) is 4.79 Å². The number of fused-ring (bicyclic) bond motifs is 1. The number of rotatable bonds is 7. The van der Waals surface area contributed by atoms with Crippen molar-refractivity contribution in [2.75, 3.05) is 13.2 Å². The molecule has 3 aromatic rings. The Morgan fingerprint density at radius 2 is 2.15 bits per heavy atom. The van der Waals surface area contributed by atoms with Crippen LogP contribution in [-0.2, 0) is 22.5 Å². The summed E-state index contributed by atoms with van der Waals surface area (Å²) < 4.78 is 12.5. The molecule has 9 heteroatoms. The lowest BCUT2D eigenvalue weighted by molar-refractivity contribution is 0.0466. The van der Waals surface area contributed by atoms with E-state index in [4.69, 9.17) is 9.47 Å². The topological polar surface area (TPSA) is 82.8 Å². The second kappa shape index (κ2) is 8.52. The van der Waals surface area contributed by atoms with Gasteiger partial charge in [0.15, 0.2) is 0 Å². The molecule has 0 amide bonds. The minimum absolute atomic E-state index is 0.0852. The molecule has 0 spiro atoms. The lowest BCUT2D eigenvalue weighted by atomic mass is 10.2. The lowest BCUT2D eigenvalue weighted by Crippen LogP contribution is -2.17. The third kappa shape index (κ3) is 4.35. The van der Waals surface area contributed by atoms with Crippen LogP contribution in [0.25, 0.3) is 4.96 Å². The predicted molar refractivity (Wildman–Crippen MR) is 101 cm³/mol. The minimum atomic E-state index is -0.485. The Kier molecular flexibility index (Phi) is 6.12. The van der Waals surface area contributed by atoms with E-state index in [0.29, 0.717) is 40.3 Å². The molecule has 2 aromatic heterocycles. The monoisotopic (exact) mass is 437 g/mol. The Morgan fingerprint density at radius 1 is 1.35 bits per heavy atom. The molecule has 0 fully saturated rings. The summed E-state index contributed by atoms with van der Waals surface area (Å²) in [6.45, 7) is 3.02. The van der Waals surface area contributed by atoms with Crippen molar-refractivity contribution >= 4 is 38.2 Å². The zero-order chi connectivity index (χ0) is 18.5. The van der Waals surface area contributed by atoms with Crippen molar-refractivity contribution in [1.29, 1.82) is 0 Å². The van der Waals surface area contributed by atoms with Gasteiger partial charge in [0.25, 0.3) is 5.56 Å². The highest BCUT2D eigenvalue weighted by atomic mass is 79.9. The van der Waals surface area contributed by atoms with E-state index < -0.39 is 5.97 Å². The molecule has 2 heterocycles. The van der Waals surface area contributed by atoms with Crippen LogP contribution in [0.3, 0.4) is 0 Å². The number of halogens is 1. The molecule has 0 radical (unpaired) electrons. The second-order valence-electron chi connectivity index (χ2n) is 5.28. The van der Waals surface area contributed by atoms with Gasteiger partial charge in [0, 0.05) is 23.6 Å². The van der Waals surface area contributed by atoms with Crippen molar-refractivity contribution in [1.82, 2.24) is 14.6 Å². The molecule has 0 aliphatic carbocycles. The Labute approximate surface area is 161 Å². The van der Waals surface area contributed by atoms with Gasteiger partial charge in [-0.25, -0.2) is 9.78 Å². The molecule has 0 saturated heterocycles. The van der Waals surface area contributed by atoms with Crippen LogP contribution in [-0.4, -0.2) is 33.8 Å². The average Bonchev–Trinajstić information content (AvgIpc) is 3.04. The molecule has 0 bridgehead atoms. The minimum Gasteiger partial charge on any atom is -0.456 e. The van der Waals surface area contributed by atoms with E-state index in [-0.39, 0.29) is 12.2 Å². The number of carbonyl (C=O) groups excluding carboxylic acids is 1. The Balaban J connectivity index is 1.73. The molecular formula is C17H16BrN3O4S. The summed E-state index contributed by atoms with van der Waals surface area (Å²) in [6.07, 6.45) is 0.619. The first-order valence-electron chi connectivity index (χ1n) is 7.96. The summed E-state index contributed by atoms with van der Waals surface area (Å²) in [6, 6.07) is 8.30. The van der Waals surface area contributed by atoms with E-state index in [0.717, 1.165) is 5.01 Å². The number of aromatic nitrogens is 3. The van der Waals surface area contributed by atoms with Crippen LogP contribution in [0.1, 0.15) is 28.0 Å². The molecule has 136 valence electrons. The van der Waals surface area contributed by atoms with Crippen molar-refractivity contribution in [3.8, 4) is 0 Å². The van der Waals surface area contributed by atoms with Crippen LogP contribution in [0, 0.1) is 0 Å². The maximum atomic E-state index is 12.2. The van der Waals surface area contributed by atoms with Crippen LogP contribution in [0.5, 0.6) is 0 Å². The highest BCUT2D eigenvalue weighted by Crippen LogP contribution is 2.17. The van der Waals surface area contributed by atoms with Crippen molar-refractivity contribution in [2.24, 2.45) is 0 Å². The fraction of sp³-hybridized carbons (Fsp3) is 0.294. The zero-order valence-electron chi connectivity index (χ0n) is 14.0. The first-order chi connectivity index (χ1) is 12.6. The molecule has 1 aromatic carbocycles. The van der Waals surface area contributed by atoms with Crippen LogP contribution in [0.15, 0.2) is 39.6 Å². The van der Waals surface area contributed by atoms with E-state index in [1.807, 2.05) is 13.0 Å². The Hall–Kier alpha value is -2.10. The molecule has 0 aliphatic heterocycles. The van der Waals surface area contributed by atoms with Crippen molar-refractivity contribution < 1.29 is 14.3 Å². The van der Waals surface area contributed by atoms with Gasteiger partial charge in [0.05, 0.1) is 17.9 Å². The Bertz CT molecular complexity index is 986. The third-order valence-corrected chi connectivity index (χ3v) is 5.11. The number of hydrogen-bond donors (Lipinski definition) is 0. The van der Waals surface area contributed by atoms with Gasteiger partial charge < -0.3 is 9.47 Å². The molecule has 7 nitrogen and oxygen atoms in total. The van der Waals surface area contributed by atoms with E-state index in [9.17, 15) is 9.59 Å². The van der Waals surface area contributed by atoms with Crippen LogP contribution < -0.4 is 5.56 Å². The zero-order valence-corrected chi connectivity index (χ0v) is 16.4. The van der Waals surface area contributed by atoms with Gasteiger partial charge in [-0.05, 0) is 35.0 Å². The average molecular weight is 438 g/mol. The molecule has 26 heavy (non-hydrogen) atoms. The van der Waals surface area contributed by atoms with E-state index in [1.54, 1.807) is 18.2 Å². The van der Waals surface area contributed by atoms with Crippen molar-refractivity contribution in [2.45, 2.75) is 20.0 Å². The normalized spacial score (nSPS) is 11.0. The number of nitrogens with zero attached hydrogens (tertiary/aromatic N) is 3. The fourth-order valence-electron chi connectivity index (χ4n) is 2.22. The SMILES string of the molecule is CCOCCc1nn2c(=O)cc(COC(=O)c3ccccc3Br)nc2s1. The summed E-state index contributed by atoms with van der Waals surface area (Å²) >= 11 is 4.63. The summed E-state index contributed by atoms with van der Waals surface area (Å²) in [4.78, 5) is 29.2. The van der Waals surface area contributed by atoms with Gasteiger partial charge in [-0.2, -0.15) is 9.61 Å². The second-order valence-corrected chi connectivity index (χ2v) is 7.17.